The Hall–Kier alpha value is -4.08. The fourth-order valence-corrected chi connectivity index (χ4v) is 2.96. The molecule has 1 atom stereocenters. The number of benzene rings is 2. The van der Waals surface area contributed by atoms with E-state index in [1.165, 1.54) is 25.1 Å². The van der Waals surface area contributed by atoms with E-state index in [-0.39, 0.29) is 16.8 Å². The summed E-state index contributed by atoms with van der Waals surface area (Å²) in [6.45, 7) is -0.732. The van der Waals surface area contributed by atoms with Crippen molar-refractivity contribution < 1.29 is 28.8 Å². The summed E-state index contributed by atoms with van der Waals surface area (Å²) in [6.07, 6.45) is -1.25. The topological polar surface area (TPSA) is 127 Å². The van der Waals surface area contributed by atoms with Gasteiger partial charge in [-0.25, -0.2) is 0 Å². The van der Waals surface area contributed by atoms with Gasteiger partial charge in [0.25, 0.3) is 23.4 Å². The molecule has 10 nitrogen and oxygen atoms in total. The quantitative estimate of drug-likeness (QED) is 0.305. The van der Waals surface area contributed by atoms with E-state index in [0.717, 1.165) is 12.1 Å². The number of carbonyl (C=O) groups excluding carboxylic acids is 4. The zero-order valence-electron chi connectivity index (χ0n) is 16.1. The van der Waals surface area contributed by atoms with Gasteiger partial charge in [0, 0.05) is 31.8 Å². The molecule has 154 valence electrons. The Morgan fingerprint density at radius 2 is 1.70 bits per heavy atom. The first-order valence-corrected chi connectivity index (χ1v) is 8.81. The first kappa shape index (κ1) is 20.6. The van der Waals surface area contributed by atoms with Crippen LogP contribution in [0.15, 0.2) is 48.5 Å². The van der Waals surface area contributed by atoms with Crippen molar-refractivity contribution in [1.29, 1.82) is 0 Å². The monoisotopic (exact) mass is 411 g/mol. The Kier molecular flexibility index (Phi) is 5.58. The van der Waals surface area contributed by atoms with Crippen LogP contribution >= 0.6 is 0 Å². The molecule has 1 aliphatic rings. The Bertz CT molecular complexity index is 1050. The van der Waals surface area contributed by atoms with Gasteiger partial charge in [-0.1, -0.05) is 30.3 Å². The number of amides is 3. The maximum absolute atomic E-state index is 12.5. The number of rotatable bonds is 6. The number of fused-ring (bicyclic) bond motifs is 1. The molecule has 0 fully saturated rings. The van der Waals surface area contributed by atoms with Crippen molar-refractivity contribution >= 4 is 29.4 Å². The van der Waals surface area contributed by atoms with Crippen LogP contribution in [0.1, 0.15) is 32.4 Å². The highest BCUT2D eigenvalue weighted by atomic mass is 16.6. The molecule has 0 spiro atoms. The van der Waals surface area contributed by atoms with E-state index >= 15 is 0 Å². The molecule has 30 heavy (non-hydrogen) atoms. The van der Waals surface area contributed by atoms with Crippen LogP contribution in [0.3, 0.4) is 0 Å². The van der Waals surface area contributed by atoms with Crippen LogP contribution in [0.2, 0.25) is 0 Å². The molecule has 2 aromatic rings. The second-order valence-electron chi connectivity index (χ2n) is 6.70. The lowest BCUT2D eigenvalue weighted by Crippen LogP contribution is -2.38. The van der Waals surface area contributed by atoms with Gasteiger partial charge in [-0.05, 0) is 6.07 Å². The fourth-order valence-electron chi connectivity index (χ4n) is 2.96. The smallest absolute Gasteiger partial charge is 0.327 e. The van der Waals surface area contributed by atoms with Crippen LogP contribution in [0.4, 0.5) is 5.69 Å². The number of esters is 1. The molecule has 0 saturated carbocycles. The number of hydrogen-bond acceptors (Lipinski definition) is 7. The van der Waals surface area contributed by atoms with Crippen LogP contribution in [0, 0.1) is 10.1 Å². The zero-order chi connectivity index (χ0) is 22.0. The standard InChI is InChI=1S/C20H17N3O7/c1-21(2)20(27)17(12-6-4-3-5-7-12)30-16(24)11-22-18(25)14-9-8-13(23(28)29)10-15(14)19(22)26/h3-10,17H,11H2,1-2H3/t17-/m0/s1. The number of likely N-dealkylation sites (N-methyl/N-ethyl adjacent to an activating group) is 1. The van der Waals surface area contributed by atoms with Gasteiger partial charge in [-0.3, -0.25) is 34.2 Å². The van der Waals surface area contributed by atoms with Gasteiger partial charge in [0.05, 0.1) is 16.1 Å². The highest BCUT2D eigenvalue weighted by Gasteiger charge is 2.39. The Labute approximate surface area is 170 Å². The zero-order valence-corrected chi connectivity index (χ0v) is 16.1. The van der Waals surface area contributed by atoms with Gasteiger partial charge in [-0.2, -0.15) is 0 Å². The predicted molar refractivity (Wildman–Crippen MR) is 102 cm³/mol. The van der Waals surface area contributed by atoms with Gasteiger partial charge < -0.3 is 9.64 Å². The molecular weight excluding hydrogens is 394 g/mol. The summed E-state index contributed by atoms with van der Waals surface area (Å²) in [5.41, 5.74) is -0.115. The molecule has 2 aromatic carbocycles. The van der Waals surface area contributed by atoms with E-state index in [4.69, 9.17) is 4.74 Å². The molecule has 3 rings (SSSR count). The minimum absolute atomic E-state index is 0.0395. The van der Waals surface area contributed by atoms with E-state index < -0.39 is 41.3 Å². The van der Waals surface area contributed by atoms with Crippen LogP contribution < -0.4 is 0 Å². The van der Waals surface area contributed by atoms with E-state index in [2.05, 4.69) is 0 Å². The minimum atomic E-state index is -1.25. The lowest BCUT2D eigenvalue weighted by Gasteiger charge is -2.22. The number of hydrogen-bond donors (Lipinski definition) is 0. The average molecular weight is 411 g/mol. The van der Waals surface area contributed by atoms with Crippen LogP contribution in [-0.4, -0.2) is 59.1 Å². The van der Waals surface area contributed by atoms with E-state index in [9.17, 15) is 29.3 Å². The molecule has 0 unspecified atom stereocenters. The van der Waals surface area contributed by atoms with Crippen LogP contribution in [0.5, 0.6) is 0 Å². The number of nitro benzene ring substituents is 1. The maximum atomic E-state index is 12.5. The number of nitro groups is 1. The molecule has 0 aliphatic carbocycles. The van der Waals surface area contributed by atoms with Crippen molar-refractivity contribution in [2.75, 3.05) is 20.6 Å². The molecule has 1 aliphatic heterocycles. The predicted octanol–water partition coefficient (Wildman–Crippen LogP) is 1.56. The SMILES string of the molecule is CN(C)C(=O)[C@@H](OC(=O)CN1C(=O)c2ccc([N+](=O)[O-])cc2C1=O)c1ccccc1. The third kappa shape index (κ3) is 3.88. The molecule has 0 aromatic heterocycles. The number of non-ortho nitro benzene ring substituents is 1. The third-order valence-corrected chi connectivity index (χ3v) is 4.47. The summed E-state index contributed by atoms with van der Waals surface area (Å²) in [4.78, 5) is 62.0. The second kappa shape index (κ2) is 8.11. The van der Waals surface area contributed by atoms with E-state index in [1.807, 2.05) is 0 Å². The summed E-state index contributed by atoms with van der Waals surface area (Å²) in [7, 11) is 3.01. The Balaban J connectivity index is 1.79. The van der Waals surface area contributed by atoms with Crippen molar-refractivity contribution in [3.05, 3.63) is 75.3 Å². The highest BCUT2D eigenvalue weighted by molar-refractivity contribution is 6.22. The van der Waals surface area contributed by atoms with Gasteiger partial charge >= 0.3 is 5.97 Å². The van der Waals surface area contributed by atoms with Gasteiger partial charge in [-0.15, -0.1) is 0 Å². The molecule has 0 N–H and O–H groups in total. The largest absolute Gasteiger partial charge is 0.446 e. The lowest BCUT2D eigenvalue weighted by molar-refractivity contribution is -0.384. The number of ether oxygens (including phenoxy) is 1. The van der Waals surface area contributed by atoms with Crippen LogP contribution in [0.25, 0.3) is 0 Å². The molecule has 10 heteroatoms. The summed E-state index contributed by atoms with van der Waals surface area (Å²) < 4.78 is 5.29. The van der Waals surface area contributed by atoms with E-state index in [1.54, 1.807) is 30.3 Å². The third-order valence-electron chi connectivity index (χ3n) is 4.47. The molecular formula is C20H17N3O7. The first-order valence-electron chi connectivity index (χ1n) is 8.81. The van der Waals surface area contributed by atoms with Gasteiger partial charge in [0.2, 0.25) is 6.10 Å². The van der Waals surface area contributed by atoms with E-state index in [0.29, 0.717) is 10.5 Å². The second-order valence-corrected chi connectivity index (χ2v) is 6.70. The lowest BCUT2D eigenvalue weighted by atomic mass is 10.1. The molecule has 1 heterocycles. The maximum Gasteiger partial charge on any atom is 0.327 e. The van der Waals surface area contributed by atoms with Crippen molar-refractivity contribution in [2.24, 2.45) is 0 Å². The number of carbonyl (C=O) groups is 4. The summed E-state index contributed by atoms with van der Waals surface area (Å²) in [5, 5.41) is 10.9. The van der Waals surface area contributed by atoms with Crippen molar-refractivity contribution in [1.82, 2.24) is 9.80 Å². The average Bonchev–Trinajstić information content (AvgIpc) is 2.96. The Morgan fingerprint density at radius 3 is 2.30 bits per heavy atom. The molecule has 0 radical (unpaired) electrons. The van der Waals surface area contributed by atoms with Crippen LogP contribution in [-0.2, 0) is 14.3 Å². The number of nitrogens with zero attached hydrogens (tertiary/aromatic N) is 3. The molecule has 3 amide bonds. The molecule has 0 bridgehead atoms. The summed E-state index contributed by atoms with van der Waals surface area (Å²) in [6, 6.07) is 11.6. The minimum Gasteiger partial charge on any atom is -0.446 e. The summed E-state index contributed by atoms with van der Waals surface area (Å²) >= 11 is 0. The first-order chi connectivity index (χ1) is 14.2. The molecule has 0 saturated heterocycles. The normalized spacial score (nSPS) is 13.6. The van der Waals surface area contributed by atoms with Gasteiger partial charge in [0.15, 0.2) is 0 Å². The highest BCUT2D eigenvalue weighted by Crippen LogP contribution is 2.27. The van der Waals surface area contributed by atoms with Crippen molar-refractivity contribution in [3.8, 4) is 0 Å². The van der Waals surface area contributed by atoms with Gasteiger partial charge in [0.1, 0.15) is 6.54 Å². The number of imide groups is 1. The summed E-state index contributed by atoms with van der Waals surface area (Å²) in [5.74, 6) is -3.07. The Morgan fingerprint density at radius 1 is 1.07 bits per heavy atom. The van der Waals surface area contributed by atoms with Crippen molar-refractivity contribution in [3.63, 3.8) is 0 Å². The fraction of sp³-hybridized carbons (Fsp3) is 0.200. The van der Waals surface area contributed by atoms with Crippen molar-refractivity contribution in [2.45, 2.75) is 6.10 Å².